The molecule has 2 amide bonds. The monoisotopic (exact) mass is 236 g/mol. The third-order valence-corrected chi connectivity index (χ3v) is 2.79. The van der Waals surface area contributed by atoms with Gasteiger partial charge in [-0.2, -0.15) is 0 Å². The quantitative estimate of drug-likeness (QED) is 0.812. The van der Waals surface area contributed by atoms with Gasteiger partial charge in [-0.3, -0.25) is 0 Å². The summed E-state index contributed by atoms with van der Waals surface area (Å²) in [7, 11) is 0. The first-order valence-corrected chi connectivity index (χ1v) is 5.62. The van der Waals surface area contributed by atoms with Crippen molar-refractivity contribution in [3.63, 3.8) is 0 Å². The minimum atomic E-state index is -0.213. The molecule has 0 bridgehead atoms. The molecule has 0 fully saturated rings. The van der Waals surface area contributed by atoms with E-state index in [1.54, 1.807) is 0 Å². The van der Waals surface area contributed by atoms with Crippen molar-refractivity contribution in [2.45, 2.75) is 18.9 Å². The standard InChI is InChI=1S/C12H13ClN2O/c13-5-6-14-12(16)15-11-7-9-3-1-2-4-10(9)8-11/h1-6,11H,7-8H2,(H2,14,15,16)/b6-5+. The molecular formula is C12H13ClN2O. The maximum absolute atomic E-state index is 11.4. The first kappa shape index (κ1) is 11.0. The van der Waals surface area contributed by atoms with Gasteiger partial charge in [0.2, 0.25) is 0 Å². The van der Waals surface area contributed by atoms with Gasteiger partial charge in [-0.25, -0.2) is 4.79 Å². The Balaban J connectivity index is 1.89. The van der Waals surface area contributed by atoms with E-state index in [0.717, 1.165) is 12.8 Å². The van der Waals surface area contributed by atoms with Crippen LogP contribution in [0, 0.1) is 0 Å². The van der Waals surface area contributed by atoms with Crippen LogP contribution in [0.4, 0.5) is 4.79 Å². The Morgan fingerprint density at radius 1 is 1.31 bits per heavy atom. The number of rotatable bonds is 2. The van der Waals surface area contributed by atoms with Gasteiger partial charge >= 0.3 is 6.03 Å². The number of urea groups is 1. The molecule has 0 aromatic heterocycles. The summed E-state index contributed by atoms with van der Waals surface area (Å²) in [4.78, 5) is 11.4. The Kier molecular flexibility index (Phi) is 3.47. The van der Waals surface area contributed by atoms with E-state index in [1.165, 1.54) is 22.9 Å². The molecule has 1 aliphatic rings. The first-order chi connectivity index (χ1) is 7.79. The van der Waals surface area contributed by atoms with Gasteiger partial charge in [-0.05, 0) is 24.0 Å². The fourth-order valence-corrected chi connectivity index (χ4v) is 2.06. The number of hydrogen-bond acceptors (Lipinski definition) is 1. The zero-order valence-corrected chi connectivity index (χ0v) is 9.50. The highest BCUT2D eigenvalue weighted by atomic mass is 35.5. The summed E-state index contributed by atoms with van der Waals surface area (Å²) in [6, 6.07) is 8.23. The van der Waals surface area contributed by atoms with Crippen molar-refractivity contribution in [1.29, 1.82) is 0 Å². The van der Waals surface area contributed by atoms with Crippen LogP contribution in [-0.4, -0.2) is 12.1 Å². The molecule has 4 heteroatoms. The van der Waals surface area contributed by atoms with Crippen LogP contribution in [0.5, 0.6) is 0 Å². The molecule has 0 heterocycles. The highest BCUT2D eigenvalue weighted by Crippen LogP contribution is 2.21. The first-order valence-electron chi connectivity index (χ1n) is 5.18. The summed E-state index contributed by atoms with van der Waals surface area (Å²) in [6.07, 6.45) is 3.20. The van der Waals surface area contributed by atoms with Crippen molar-refractivity contribution in [3.8, 4) is 0 Å². The van der Waals surface area contributed by atoms with Crippen LogP contribution < -0.4 is 10.6 Å². The lowest BCUT2D eigenvalue weighted by Crippen LogP contribution is -2.40. The summed E-state index contributed by atoms with van der Waals surface area (Å²) in [5.74, 6) is 0. The van der Waals surface area contributed by atoms with Crippen molar-refractivity contribution < 1.29 is 4.79 Å². The predicted molar refractivity (Wildman–Crippen MR) is 64.3 cm³/mol. The molecule has 0 saturated heterocycles. The number of carbonyl (C=O) groups is 1. The Morgan fingerprint density at radius 3 is 2.50 bits per heavy atom. The van der Waals surface area contributed by atoms with Crippen molar-refractivity contribution in [1.82, 2.24) is 10.6 Å². The minimum Gasteiger partial charge on any atom is -0.334 e. The smallest absolute Gasteiger partial charge is 0.319 e. The normalized spacial score (nSPS) is 15.1. The summed E-state index contributed by atoms with van der Waals surface area (Å²) >= 11 is 5.31. The van der Waals surface area contributed by atoms with Crippen molar-refractivity contribution >= 4 is 17.6 Å². The zero-order valence-electron chi connectivity index (χ0n) is 8.74. The fourth-order valence-electron chi connectivity index (χ4n) is 2.00. The molecular weight excluding hydrogens is 224 g/mol. The lowest BCUT2D eigenvalue weighted by atomic mass is 10.1. The molecule has 1 aliphatic carbocycles. The number of fused-ring (bicyclic) bond motifs is 1. The van der Waals surface area contributed by atoms with E-state index < -0.39 is 0 Å². The van der Waals surface area contributed by atoms with Crippen molar-refractivity contribution in [2.75, 3.05) is 0 Å². The number of nitrogens with one attached hydrogen (secondary N) is 2. The second kappa shape index (κ2) is 5.03. The van der Waals surface area contributed by atoms with Crippen LogP contribution in [0.1, 0.15) is 11.1 Å². The third kappa shape index (κ3) is 2.55. The van der Waals surface area contributed by atoms with Crippen LogP contribution in [0.3, 0.4) is 0 Å². The minimum absolute atomic E-state index is 0.182. The van der Waals surface area contributed by atoms with E-state index in [4.69, 9.17) is 11.6 Å². The van der Waals surface area contributed by atoms with Crippen LogP contribution in [0.15, 0.2) is 36.0 Å². The van der Waals surface area contributed by atoms with Gasteiger partial charge in [0.15, 0.2) is 0 Å². The molecule has 0 aliphatic heterocycles. The molecule has 0 spiro atoms. The Bertz CT molecular complexity index is 392. The van der Waals surface area contributed by atoms with E-state index in [-0.39, 0.29) is 12.1 Å². The van der Waals surface area contributed by atoms with E-state index in [0.29, 0.717) is 0 Å². The SMILES string of the molecule is O=C(N/C=C/Cl)NC1Cc2ccccc2C1. The number of halogens is 1. The molecule has 0 radical (unpaired) electrons. The van der Waals surface area contributed by atoms with Gasteiger partial charge in [0.1, 0.15) is 0 Å². The van der Waals surface area contributed by atoms with E-state index in [2.05, 4.69) is 22.8 Å². The molecule has 1 aromatic carbocycles. The Morgan fingerprint density at radius 2 is 1.94 bits per heavy atom. The topological polar surface area (TPSA) is 41.1 Å². The predicted octanol–water partition coefficient (Wildman–Crippen LogP) is 2.16. The van der Waals surface area contributed by atoms with Gasteiger partial charge < -0.3 is 10.6 Å². The molecule has 84 valence electrons. The third-order valence-electron chi connectivity index (χ3n) is 2.66. The van der Waals surface area contributed by atoms with Crippen LogP contribution >= 0.6 is 11.6 Å². The highest BCUT2D eigenvalue weighted by Gasteiger charge is 2.21. The number of benzene rings is 1. The number of amides is 2. The lowest BCUT2D eigenvalue weighted by Gasteiger charge is -2.11. The summed E-state index contributed by atoms with van der Waals surface area (Å²) < 4.78 is 0. The average Bonchev–Trinajstić information content (AvgIpc) is 2.68. The second-order valence-electron chi connectivity index (χ2n) is 3.78. The summed E-state index contributed by atoms with van der Waals surface area (Å²) in [5, 5.41) is 5.42. The fraction of sp³-hybridized carbons (Fsp3) is 0.250. The van der Waals surface area contributed by atoms with Gasteiger partial charge in [0, 0.05) is 17.8 Å². The van der Waals surface area contributed by atoms with Gasteiger partial charge in [-0.15, -0.1) is 0 Å². The Labute approximate surface area is 99.5 Å². The largest absolute Gasteiger partial charge is 0.334 e. The average molecular weight is 237 g/mol. The molecule has 0 saturated carbocycles. The zero-order chi connectivity index (χ0) is 11.4. The van der Waals surface area contributed by atoms with Crippen molar-refractivity contribution in [3.05, 3.63) is 47.1 Å². The molecule has 0 unspecified atom stereocenters. The molecule has 2 rings (SSSR count). The van der Waals surface area contributed by atoms with Gasteiger partial charge in [0.25, 0.3) is 0 Å². The molecule has 1 aromatic rings. The van der Waals surface area contributed by atoms with Gasteiger partial charge in [0.05, 0.1) is 0 Å². The van der Waals surface area contributed by atoms with Crippen molar-refractivity contribution in [2.24, 2.45) is 0 Å². The van der Waals surface area contributed by atoms with E-state index in [9.17, 15) is 4.79 Å². The van der Waals surface area contributed by atoms with Crippen LogP contribution in [0.2, 0.25) is 0 Å². The van der Waals surface area contributed by atoms with Gasteiger partial charge in [-0.1, -0.05) is 35.9 Å². The highest BCUT2D eigenvalue weighted by molar-refractivity contribution is 6.25. The van der Waals surface area contributed by atoms with E-state index in [1.807, 2.05) is 12.1 Å². The molecule has 3 nitrogen and oxygen atoms in total. The number of hydrogen-bond donors (Lipinski definition) is 2. The van der Waals surface area contributed by atoms with E-state index >= 15 is 0 Å². The maximum atomic E-state index is 11.4. The molecule has 16 heavy (non-hydrogen) atoms. The Hall–Kier alpha value is -1.48. The molecule has 2 N–H and O–H groups in total. The summed E-state index contributed by atoms with van der Waals surface area (Å²) in [6.45, 7) is 0. The number of carbonyl (C=O) groups excluding carboxylic acids is 1. The summed E-state index contributed by atoms with van der Waals surface area (Å²) in [5.41, 5.74) is 3.91. The van der Waals surface area contributed by atoms with Crippen LogP contribution in [-0.2, 0) is 12.8 Å². The second-order valence-corrected chi connectivity index (χ2v) is 4.04. The van der Waals surface area contributed by atoms with Crippen LogP contribution in [0.25, 0.3) is 0 Å². The molecule has 0 atom stereocenters. The lowest BCUT2D eigenvalue weighted by molar-refractivity contribution is 0.240. The maximum Gasteiger partial charge on any atom is 0.319 e.